The zero-order valence-electron chi connectivity index (χ0n) is 11.4. The molecule has 0 N–H and O–H groups in total. The lowest BCUT2D eigenvalue weighted by Crippen LogP contribution is -2.28. The van der Waals surface area contributed by atoms with Gasteiger partial charge >= 0.3 is 11.9 Å². The van der Waals surface area contributed by atoms with Crippen molar-refractivity contribution >= 4 is 11.9 Å². The average Bonchev–Trinajstić information content (AvgIpc) is 2.47. The molecular formula is C14H12N2O5. The molecule has 0 spiro atoms. The minimum atomic E-state index is -0.779. The Bertz CT molecular complexity index is 737. The van der Waals surface area contributed by atoms with Crippen molar-refractivity contribution in [3.05, 3.63) is 52.4 Å². The van der Waals surface area contributed by atoms with Gasteiger partial charge in [-0.3, -0.25) is 9.59 Å². The lowest BCUT2D eigenvalue weighted by Gasteiger charge is -2.12. The number of ether oxygens (including phenoxy) is 2. The number of hydrogen-bond acceptors (Lipinski definition) is 6. The van der Waals surface area contributed by atoms with E-state index in [0.29, 0.717) is 0 Å². The first kappa shape index (κ1) is 14.4. The van der Waals surface area contributed by atoms with Crippen LogP contribution in [0.2, 0.25) is 0 Å². The number of rotatable bonds is 3. The van der Waals surface area contributed by atoms with Crippen molar-refractivity contribution in [2.45, 2.75) is 6.92 Å². The molecule has 0 saturated heterocycles. The Morgan fingerprint density at radius 2 is 1.95 bits per heavy atom. The summed E-state index contributed by atoms with van der Waals surface area (Å²) in [6, 6.07) is 7.46. The maximum Gasteiger partial charge on any atom is 0.343 e. The summed E-state index contributed by atoms with van der Waals surface area (Å²) in [5, 5.41) is 0. The maximum atomic E-state index is 12.4. The summed E-state index contributed by atoms with van der Waals surface area (Å²) >= 11 is 0. The van der Waals surface area contributed by atoms with Gasteiger partial charge in [0.2, 0.25) is 5.88 Å². The standard InChI is InChI=1S/C14H12N2O5/c1-9(17)21-12-7-6-10(14(19)20-2)13(18)16(12)11-5-3-4-8-15-11/h3-8H,1-2H3. The Morgan fingerprint density at radius 1 is 1.19 bits per heavy atom. The van der Waals surface area contributed by atoms with E-state index in [9.17, 15) is 14.4 Å². The minimum Gasteiger partial charge on any atom is -0.465 e. The van der Waals surface area contributed by atoms with Crippen LogP contribution < -0.4 is 10.3 Å². The van der Waals surface area contributed by atoms with Gasteiger partial charge in [-0.15, -0.1) is 0 Å². The van der Waals surface area contributed by atoms with E-state index in [-0.39, 0.29) is 17.3 Å². The highest BCUT2D eigenvalue weighted by Crippen LogP contribution is 2.15. The number of carbonyl (C=O) groups is 2. The summed E-state index contributed by atoms with van der Waals surface area (Å²) in [6.07, 6.45) is 1.48. The maximum absolute atomic E-state index is 12.4. The zero-order chi connectivity index (χ0) is 15.4. The first-order chi connectivity index (χ1) is 10.0. The van der Waals surface area contributed by atoms with E-state index >= 15 is 0 Å². The molecule has 2 rings (SSSR count). The molecule has 0 fully saturated rings. The first-order valence-electron chi connectivity index (χ1n) is 5.98. The zero-order valence-corrected chi connectivity index (χ0v) is 11.4. The molecule has 7 nitrogen and oxygen atoms in total. The Hall–Kier alpha value is -2.96. The van der Waals surface area contributed by atoms with Gasteiger partial charge in [0.1, 0.15) is 11.4 Å². The number of hydrogen-bond donors (Lipinski definition) is 0. The molecule has 0 saturated carbocycles. The topological polar surface area (TPSA) is 87.5 Å². The third kappa shape index (κ3) is 2.97. The molecule has 7 heteroatoms. The number of nitrogens with zero attached hydrogens (tertiary/aromatic N) is 2. The molecule has 2 heterocycles. The van der Waals surface area contributed by atoms with Crippen LogP contribution in [0, 0.1) is 0 Å². The molecule has 0 aliphatic rings. The number of pyridine rings is 2. The molecule has 108 valence electrons. The Balaban J connectivity index is 2.70. The van der Waals surface area contributed by atoms with Crippen molar-refractivity contribution in [2.75, 3.05) is 7.11 Å². The lowest BCUT2D eigenvalue weighted by molar-refractivity contribution is -0.132. The van der Waals surface area contributed by atoms with Gasteiger partial charge in [0.15, 0.2) is 0 Å². The van der Waals surface area contributed by atoms with E-state index in [1.165, 1.54) is 32.4 Å². The largest absolute Gasteiger partial charge is 0.465 e. The average molecular weight is 288 g/mol. The van der Waals surface area contributed by atoms with Gasteiger partial charge < -0.3 is 9.47 Å². The van der Waals surface area contributed by atoms with Gasteiger partial charge in [-0.25, -0.2) is 14.3 Å². The summed E-state index contributed by atoms with van der Waals surface area (Å²) in [6.45, 7) is 1.21. The van der Waals surface area contributed by atoms with Gasteiger partial charge in [0.25, 0.3) is 5.56 Å². The fourth-order valence-corrected chi connectivity index (χ4v) is 1.72. The molecule has 0 bridgehead atoms. The molecule has 0 aromatic carbocycles. The van der Waals surface area contributed by atoms with Crippen molar-refractivity contribution in [2.24, 2.45) is 0 Å². The molecular weight excluding hydrogens is 276 g/mol. The van der Waals surface area contributed by atoms with Crippen LogP contribution in [0.25, 0.3) is 5.82 Å². The second kappa shape index (κ2) is 6.00. The molecule has 0 amide bonds. The predicted octanol–water partition coefficient (Wildman–Crippen LogP) is 0.944. The summed E-state index contributed by atoms with van der Waals surface area (Å²) in [5.74, 6) is -1.17. The normalized spacial score (nSPS) is 10.0. The molecule has 0 atom stereocenters. The van der Waals surface area contributed by atoms with Crippen LogP contribution >= 0.6 is 0 Å². The quantitative estimate of drug-likeness (QED) is 0.781. The Morgan fingerprint density at radius 3 is 2.52 bits per heavy atom. The van der Waals surface area contributed by atoms with Crippen LogP contribution in [-0.2, 0) is 9.53 Å². The van der Waals surface area contributed by atoms with Gasteiger partial charge in [-0.05, 0) is 18.2 Å². The summed E-state index contributed by atoms with van der Waals surface area (Å²) in [4.78, 5) is 39.1. The van der Waals surface area contributed by atoms with E-state index in [2.05, 4.69) is 9.72 Å². The monoisotopic (exact) mass is 288 g/mol. The van der Waals surface area contributed by atoms with Crippen LogP contribution in [0.5, 0.6) is 5.88 Å². The second-order valence-corrected chi connectivity index (χ2v) is 4.00. The van der Waals surface area contributed by atoms with Crippen molar-refractivity contribution < 1.29 is 19.1 Å². The Labute approximate surface area is 119 Å². The van der Waals surface area contributed by atoms with Gasteiger partial charge in [-0.1, -0.05) is 6.07 Å². The molecule has 2 aromatic rings. The van der Waals surface area contributed by atoms with Crippen molar-refractivity contribution in [1.82, 2.24) is 9.55 Å². The van der Waals surface area contributed by atoms with Crippen LogP contribution in [0.1, 0.15) is 17.3 Å². The van der Waals surface area contributed by atoms with Crippen LogP contribution in [0.4, 0.5) is 0 Å². The van der Waals surface area contributed by atoms with Gasteiger partial charge in [0.05, 0.1) is 7.11 Å². The van der Waals surface area contributed by atoms with Crippen LogP contribution in [-0.4, -0.2) is 28.6 Å². The minimum absolute atomic E-state index is 0.0288. The van der Waals surface area contributed by atoms with Gasteiger partial charge in [-0.2, -0.15) is 0 Å². The summed E-state index contributed by atoms with van der Waals surface area (Å²) < 4.78 is 10.6. The third-order valence-electron chi connectivity index (χ3n) is 2.58. The van der Waals surface area contributed by atoms with E-state index in [1.807, 2.05) is 0 Å². The number of aromatic nitrogens is 2. The van der Waals surface area contributed by atoms with E-state index < -0.39 is 17.5 Å². The van der Waals surface area contributed by atoms with Crippen molar-refractivity contribution in [3.8, 4) is 11.7 Å². The lowest BCUT2D eigenvalue weighted by atomic mass is 10.2. The summed E-state index contributed by atoms with van der Waals surface area (Å²) in [5.41, 5.74) is -0.863. The van der Waals surface area contributed by atoms with Crippen LogP contribution in [0.3, 0.4) is 0 Å². The molecule has 0 radical (unpaired) electrons. The third-order valence-corrected chi connectivity index (χ3v) is 2.58. The highest BCUT2D eigenvalue weighted by molar-refractivity contribution is 5.89. The highest BCUT2D eigenvalue weighted by atomic mass is 16.5. The summed E-state index contributed by atoms with van der Waals surface area (Å²) in [7, 11) is 1.17. The molecule has 0 unspecified atom stereocenters. The fraction of sp³-hybridized carbons (Fsp3) is 0.143. The van der Waals surface area contributed by atoms with Crippen LogP contribution in [0.15, 0.2) is 41.3 Å². The molecule has 21 heavy (non-hydrogen) atoms. The molecule has 0 aliphatic heterocycles. The molecule has 2 aromatic heterocycles. The number of carbonyl (C=O) groups excluding carboxylic acids is 2. The smallest absolute Gasteiger partial charge is 0.343 e. The first-order valence-corrected chi connectivity index (χ1v) is 5.98. The highest BCUT2D eigenvalue weighted by Gasteiger charge is 2.18. The van der Waals surface area contributed by atoms with Crippen molar-refractivity contribution in [3.63, 3.8) is 0 Å². The number of esters is 2. The van der Waals surface area contributed by atoms with Gasteiger partial charge in [0, 0.05) is 19.2 Å². The Kier molecular flexibility index (Phi) is 4.13. The fourth-order valence-electron chi connectivity index (χ4n) is 1.72. The second-order valence-electron chi connectivity index (χ2n) is 4.00. The SMILES string of the molecule is COC(=O)c1ccc(OC(C)=O)n(-c2ccccn2)c1=O. The van der Waals surface area contributed by atoms with E-state index in [4.69, 9.17) is 4.74 Å². The van der Waals surface area contributed by atoms with E-state index in [1.54, 1.807) is 18.2 Å². The predicted molar refractivity (Wildman–Crippen MR) is 72.5 cm³/mol. The number of methoxy groups -OCH3 is 1. The van der Waals surface area contributed by atoms with Crippen molar-refractivity contribution in [1.29, 1.82) is 0 Å². The molecule has 0 aliphatic carbocycles. The van der Waals surface area contributed by atoms with E-state index in [0.717, 1.165) is 4.57 Å².